The number of nitrogens with one attached hydrogen (secondary N) is 4. The number of thiol groups is 1. The Kier molecular flexibility index (Phi) is 31.6. The third-order valence-corrected chi connectivity index (χ3v) is 27.9. The molecule has 15 N–H and O–H groups in total. The molecule has 6 fully saturated rings. The lowest BCUT2D eigenvalue weighted by Crippen LogP contribution is -2.41. The summed E-state index contributed by atoms with van der Waals surface area (Å²) in [5, 5.41) is 10.7. The number of hydrogen-bond acceptors (Lipinski definition) is 42. The number of aromatic nitrogens is 14. The summed E-state index contributed by atoms with van der Waals surface area (Å²) in [6, 6.07) is 3.47. The number of phosphoric ester groups is 2. The fourth-order valence-corrected chi connectivity index (χ4v) is 21.3. The van der Waals surface area contributed by atoms with Gasteiger partial charge in [0.1, 0.15) is 103 Å². The van der Waals surface area contributed by atoms with Crippen LogP contribution in [-0.2, 0) is 134 Å². The molecule has 13 rings (SSSR count). The van der Waals surface area contributed by atoms with Crippen LogP contribution in [0.25, 0.3) is 11.2 Å². The van der Waals surface area contributed by atoms with Crippen LogP contribution < -0.4 is 62.2 Å². The highest BCUT2D eigenvalue weighted by Gasteiger charge is 2.59. The van der Waals surface area contributed by atoms with E-state index in [0.29, 0.717) is 13.7 Å². The maximum atomic E-state index is 17.4. The minimum atomic E-state index is -5.93. The van der Waals surface area contributed by atoms with Crippen LogP contribution in [0, 0.1) is 6.92 Å². The lowest BCUT2D eigenvalue weighted by atomic mass is 10.1. The molecule has 0 radical (unpaired) electrons. The predicted octanol–water partition coefficient (Wildman–Crippen LogP) is -3.17. The normalized spacial score (nSPS) is 31.8. The summed E-state index contributed by atoms with van der Waals surface area (Å²) in [5.41, 5.74) is 2.05. The number of H-pyrrole nitrogens is 4. The van der Waals surface area contributed by atoms with Gasteiger partial charge >= 0.3 is 71.9 Å². The van der Waals surface area contributed by atoms with Gasteiger partial charge in [-0.1, -0.05) is 12.2 Å². The molecule has 68 heteroatoms. The van der Waals surface area contributed by atoms with Gasteiger partial charge in [0, 0.05) is 76.1 Å². The number of alkyl halides is 3. The lowest BCUT2D eigenvalue weighted by molar-refractivity contribution is -0.0796. The molecule has 29 atom stereocenters. The van der Waals surface area contributed by atoms with Crippen molar-refractivity contribution < 1.29 is 159 Å². The number of nitrogens with two attached hydrogens (primary N) is 2. The predicted molar refractivity (Wildman–Crippen MR) is 435 cm³/mol. The Bertz CT molecular complexity index is 6180. The van der Waals surface area contributed by atoms with E-state index in [9.17, 15) is 95.9 Å². The van der Waals surface area contributed by atoms with Crippen LogP contribution in [-0.4, -0.2) is 286 Å². The fourth-order valence-electron chi connectivity index (χ4n) is 14.4. The van der Waals surface area contributed by atoms with Gasteiger partial charge in [-0.25, -0.2) is 65.8 Å². The SMILES string of the molecule is COCCO[C@@H]1[C@H](OP(O)(=S)OC[C@H]2O[C@@H](n3ccc(=O)[nH]c3=O)[C@H](F)[C@@H]2OP(O)(=S)OC[C@H]2O[C@@H](n3cnc4c(N)ncnc43)[C@H](OC)[C@@H]2OP(=O)(O)OC[C@H]2O[C@@H](n3ccc(=O)[nH]c3=O)[C@H](F)[C@@H]2OP(=O)(S)OC[C@H]2O[C@@H](n3ccc(N)nc3=O)[C@H](OC)[C@@H]2OP(=O)(O)OC[C@H]2O[C@@H](n3ccc(=O)[nH]c3=O)[C@H](F)[C@@H]2O)[C@@H](CCP(=O)(O)O)O[C@H]1n1cc(C)c(=O)[nH]c1=O. The summed E-state index contributed by atoms with van der Waals surface area (Å²) in [4.78, 5) is 205. The Morgan fingerprint density at radius 1 is 0.492 bits per heavy atom. The molecule has 7 aromatic rings. The highest BCUT2D eigenvalue weighted by Crippen LogP contribution is 2.60. The van der Waals surface area contributed by atoms with Crippen LogP contribution in [0.15, 0.2) is 111 Å². The molecule has 13 heterocycles. The van der Waals surface area contributed by atoms with E-state index >= 15 is 13.2 Å². The minimum Gasteiger partial charge on any atom is -0.387 e. The van der Waals surface area contributed by atoms with Gasteiger partial charge in [0.15, 0.2) is 67.3 Å². The van der Waals surface area contributed by atoms with Crippen LogP contribution in [0.2, 0.25) is 0 Å². The van der Waals surface area contributed by atoms with Crippen LogP contribution in [0.4, 0.5) is 24.8 Å². The molecule has 6 aliphatic rings. The Balaban J connectivity index is 0.738. The number of nitrogens with zero attached hydrogens (tertiary/aromatic N) is 10. The molecule has 0 saturated carbocycles. The van der Waals surface area contributed by atoms with Gasteiger partial charge in [0.05, 0.1) is 64.8 Å². The highest BCUT2D eigenvalue weighted by molar-refractivity contribution is 8.44. The molecule has 0 amide bonds. The van der Waals surface area contributed by atoms with E-state index in [1.54, 1.807) is 0 Å². The summed E-state index contributed by atoms with van der Waals surface area (Å²) >= 11 is 14.9. The first kappa shape index (κ1) is 100. The molecule has 0 aliphatic carbocycles. The molecular weight excluding hydrogens is 1950 g/mol. The average Bonchev–Trinajstić information content (AvgIpc) is 1.48. The first-order valence-corrected chi connectivity index (χ1v) is 50.4. The number of imidazole rings is 1. The summed E-state index contributed by atoms with van der Waals surface area (Å²) in [5.74, 6) is -0.483. The number of hydrogen-bond donors (Lipinski definition) is 14. The molecule has 5 unspecified atom stereocenters. The topological polar surface area (TPSA) is 744 Å². The molecular formula is C62H81F3N16O40P6S3. The highest BCUT2D eigenvalue weighted by atomic mass is 32.7. The minimum absolute atomic E-state index is 0.0234. The molecule has 0 spiro atoms. The van der Waals surface area contributed by atoms with E-state index in [2.05, 4.69) is 37.2 Å². The maximum absolute atomic E-state index is 17.4. The number of aryl methyl sites for hydroxylation is 1. The largest absolute Gasteiger partial charge is 0.472 e. The number of aliphatic hydroxyl groups is 1. The molecule has 6 saturated heterocycles. The number of aromatic amines is 4. The molecule has 718 valence electrons. The second-order valence-electron chi connectivity index (χ2n) is 28.9. The van der Waals surface area contributed by atoms with Gasteiger partial charge in [0.25, 0.3) is 22.2 Å². The first-order chi connectivity index (χ1) is 61.2. The van der Waals surface area contributed by atoms with Crippen molar-refractivity contribution in [1.82, 2.24) is 67.3 Å². The summed E-state index contributed by atoms with van der Waals surface area (Å²) in [6.45, 7) is -20.7. The smallest absolute Gasteiger partial charge is 0.387 e. The molecule has 0 bridgehead atoms. The number of nitrogen functional groups attached to an aromatic ring is 2. The average molecular weight is 2030 g/mol. The van der Waals surface area contributed by atoms with E-state index in [1.165, 1.54) is 14.0 Å². The van der Waals surface area contributed by atoms with Crippen LogP contribution in [0.1, 0.15) is 49.4 Å². The van der Waals surface area contributed by atoms with Gasteiger partial charge in [-0.05, 0) is 43.0 Å². The Labute approximate surface area is 737 Å². The molecule has 7 aromatic heterocycles. The standard InChI is InChI=1S/C62H81F3N16O40P6S3/c1-25-17-80(62(91)75-51(25)86)57-48(105-15-14-102-2)43(26(111-57)9-16-122(92,93)94)121-127(101,130)108-20-29-42(38(65)54(114-29)78-13-8-35(84)74-61(78)90)120-126(100,129)110-22-31-45(47(104-4)56(116-31)81-24-70-39-49(67)68-23-69-50(39)81)118-124(97,98)107-19-28-41(37(64)53(113-28)77-12-7-34(83)73-60(77)89)119-125(99,128)109-21-30-44(46(103-3)55(115-30)79-10-5-32(66)71-58(79)87)117-123(95,96)106-18-27-40(85)36(63)52(112-27)76-11-6-33(82)72-59(76)88/h5-8,10-13,17,23-24,26-31,36-38,40-48,52-57,85H,9,14-16,18-22H2,1-4H3,(H,95,96)(H,97,98)(H,99,128)(H,100,129)(H,101,130)(H2,66,71,87)(H2,67,68,69)(H,72,82,88)(H,73,83,89)(H,74,84,90)(H,75,86,91)(H2,92,93,94)/t26-,27-,28-,29-,30-,31-,36-,37-,38-,40-,41-,42-,43-,44-,45-,46-,47-,48-,52-,53-,54-,55-,56-,57-,125?,126?,127?/m1/s1. The van der Waals surface area contributed by atoms with E-state index in [0.717, 1.165) is 95.8 Å². The Morgan fingerprint density at radius 3 is 1.43 bits per heavy atom. The van der Waals surface area contributed by atoms with Gasteiger partial charge in [-0.2, -0.15) is 4.98 Å². The van der Waals surface area contributed by atoms with Gasteiger partial charge in [-0.3, -0.25) is 107 Å². The molecule has 6 aliphatic heterocycles. The molecule has 56 nitrogen and oxygen atoms in total. The van der Waals surface area contributed by atoms with Gasteiger partial charge < -0.3 is 102 Å². The third-order valence-electron chi connectivity index (χ3n) is 20.4. The van der Waals surface area contributed by atoms with Crippen molar-refractivity contribution in [3.8, 4) is 0 Å². The van der Waals surface area contributed by atoms with Crippen molar-refractivity contribution in [3.05, 3.63) is 167 Å². The second-order valence-corrected chi connectivity index (χ2v) is 42.0. The number of methoxy groups -OCH3 is 3. The summed E-state index contributed by atoms with van der Waals surface area (Å²) in [6.07, 6.45) is -43.4. The zero-order valence-corrected chi connectivity index (χ0v) is 74.8. The number of aliphatic hydroxyl groups excluding tert-OH is 1. The maximum Gasteiger partial charge on any atom is 0.472 e. The quantitative estimate of drug-likeness (QED) is 0.0102. The van der Waals surface area contributed by atoms with E-state index in [4.69, 9.17) is 128 Å². The monoisotopic (exact) mass is 2030 g/mol. The number of ether oxygens (including phenoxy) is 10. The second kappa shape index (κ2) is 40.9. The van der Waals surface area contributed by atoms with Crippen molar-refractivity contribution in [2.24, 2.45) is 0 Å². The zero-order chi connectivity index (χ0) is 94.3. The summed E-state index contributed by atoms with van der Waals surface area (Å²) in [7, 11) is -13.1. The lowest BCUT2D eigenvalue weighted by Gasteiger charge is -2.29. The van der Waals surface area contributed by atoms with Crippen molar-refractivity contribution in [2.45, 2.75) is 161 Å². The number of phosphoric acid groups is 2. The zero-order valence-electron chi connectivity index (χ0n) is 66.9. The van der Waals surface area contributed by atoms with Crippen LogP contribution in [0.5, 0.6) is 0 Å². The number of anilines is 2. The number of fused-ring (bicyclic) bond motifs is 1. The Hall–Kier alpha value is -6.97. The van der Waals surface area contributed by atoms with Crippen molar-refractivity contribution in [2.75, 3.05) is 85.2 Å². The van der Waals surface area contributed by atoms with Gasteiger partial charge in [0.2, 0.25) is 0 Å². The van der Waals surface area contributed by atoms with E-state index in [1.807, 2.05) is 15.0 Å². The van der Waals surface area contributed by atoms with E-state index in [-0.39, 0.29) is 41.6 Å². The van der Waals surface area contributed by atoms with Crippen LogP contribution >= 0.6 is 55.7 Å². The van der Waals surface area contributed by atoms with Crippen molar-refractivity contribution in [3.63, 3.8) is 0 Å². The van der Waals surface area contributed by atoms with Crippen molar-refractivity contribution >= 4 is 102 Å². The summed E-state index contributed by atoms with van der Waals surface area (Å²) < 4.78 is 225. The third kappa shape index (κ3) is 23.2. The number of halogens is 3. The Morgan fingerprint density at radius 2 is 0.923 bits per heavy atom. The van der Waals surface area contributed by atoms with Crippen molar-refractivity contribution in [1.29, 1.82) is 0 Å². The molecule has 0 aromatic carbocycles. The van der Waals surface area contributed by atoms with Gasteiger partial charge in [-0.15, -0.1) is 0 Å². The number of rotatable bonds is 40. The molecule has 130 heavy (non-hydrogen) atoms. The fraction of sp³-hybridized carbons (Fsp3) is 0.597. The van der Waals surface area contributed by atoms with Crippen LogP contribution in [0.3, 0.4) is 0 Å². The van der Waals surface area contributed by atoms with E-state index < -0.39 is 287 Å². The first-order valence-electron chi connectivity index (χ1n) is 37.7.